The molecule has 0 saturated carbocycles. The largest absolute Gasteiger partial charge is 0.494 e. The van der Waals surface area contributed by atoms with Gasteiger partial charge < -0.3 is 18.9 Å². The average molecular weight is 459 g/mol. The zero-order valence-electron chi connectivity index (χ0n) is 19.1. The Morgan fingerprint density at radius 1 is 0.939 bits per heavy atom. The molecular formula is C23H29N3O7. The standard InChI is InChI=1S/C23H29N3O7/c1-4-5-6-13-32-17-9-7-16(8-10-17)18(27)11-12-22(29)33-15-19(28)24-23-25-20(30-2)14-21(26-23)31-3/h7-10,14H,4-6,11-13,15H2,1-3H3,(H,24,25,26,28). The highest BCUT2D eigenvalue weighted by Gasteiger charge is 2.14. The Hall–Kier alpha value is -3.69. The first-order chi connectivity index (χ1) is 15.9. The van der Waals surface area contributed by atoms with Crippen LogP contribution in [0, 0.1) is 0 Å². The van der Waals surface area contributed by atoms with E-state index in [0.29, 0.717) is 17.9 Å². The third-order valence-electron chi connectivity index (χ3n) is 4.46. The van der Waals surface area contributed by atoms with Crippen LogP contribution in [0.3, 0.4) is 0 Å². The Balaban J connectivity index is 1.73. The van der Waals surface area contributed by atoms with E-state index in [1.165, 1.54) is 20.3 Å². The van der Waals surface area contributed by atoms with E-state index >= 15 is 0 Å². The van der Waals surface area contributed by atoms with Gasteiger partial charge in [-0.05, 0) is 30.7 Å². The second-order valence-electron chi connectivity index (χ2n) is 6.99. The van der Waals surface area contributed by atoms with Gasteiger partial charge in [-0.3, -0.25) is 19.7 Å². The molecule has 1 aromatic carbocycles. The molecule has 1 amide bonds. The van der Waals surface area contributed by atoms with Crippen LogP contribution in [0.25, 0.3) is 0 Å². The van der Waals surface area contributed by atoms with E-state index in [1.54, 1.807) is 24.3 Å². The van der Waals surface area contributed by atoms with E-state index in [9.17, 15) is 14.4 Å². The SMILES string of the molecule is CCCCCOc1ccc(C(=O)CCC(=O)OCC(=O)Nc2nc(OC)cc(OC)n2)cc1. The summed E-state index contributed by atoms with van der Waals surface area (Å²) >= 11 is 0. The van der Waals surface area contributed by atoms with Crippen LogP contribution in [0.1, 0.15) is 49.4 Å². The number of Topliss-reactive ketones (excluding diaryl/α,β-unsaturated/α-hetero) is 1. The summed E-state index contributed by atoms with van der Waals surface area (Å²) < 4.78 is 20.5. The topological polar surface area (TPSA) is 126 Å². The number of carbonyl (C=O) groups excluding carboxylic acids is 3. The Labute approximate surface area is 192 Å². The van der Waals surface area contributed by atoms with Crippen molar-refractivity contribution in [1.82, 2.24) is 9.97 Å². The summed E-state index contributed by atoms with van der Waals surface area (Å²) in [7, 11) is 2.82. The lowest BCUT2D eigenvalue weighted by molar-refractivity contribution is -0.147. The molecule has 1 N–H and O–H groups in total. The molecular weight excluding hydrogens is 430 g/mol. The van der Waals surface area contributed by atoms with Gasteiger partial charge in [-0.1, -0.05) is 19.8 Å². The van der Waals surface area contributed by atoms with Gasteiger partial charge in [-0.25, -0.2) is 0 Å². The maximum absolute atomic E-state index is 12.3. The van der Waals surface area contributed by atoms with Crippen molar-refractivity contribution in [2.75, 3.05) is 32.8 Å². The molecule has 10 nitrogen and oxygen atoms in total. The molecule has 0 aliphatic rings. The van der Waals surface area contributed by atoms with Crippen LogP contribution < -0.4 is 19.5 Å². The average Bonchev–Trinajstić information content (AvgIpc) is 2.83. The molecule has 178 valence electrons. The number of ketones is 1. The number of rotatable bonds is 14. The minimum absolute atomic E-state index is 0.0344. The number of esters is 1. The van der Waals surface area contributed by atoms with Crippen molar-refractivity contribution in [2.24, 2.45) is 0 Å². The number of nitrogens with one attached hydrogen (secondary N) is 1. The molecule has 0 fully saturated rings. The van der Waals surface area contributed by atoms with Gasteiger partial charge in [-0.15, -0.1) is 0 Å². The van der Waals surface area contributed by atoms with Gasteiger partial charge in [0.1, 0.15) is 5.75 Å². The molecule has 0 spiro atoms. The zero-order chi connectivity index (χ0) is 24.1. The first-order valence-corrected chi connectivity index (χ1v) is 10.6. The quantitative estimate of drug-likeness (QED) is 0.257. The third kappa shape index (κ3) is 9.14. The molecule has 0 aliphatic heterocycles. The highest BCUT2D eigenvalue weighted by Crippen LogP contribution is 2.17. The van der Waals surface area contributed by atoms with Crippen molar-refractivity contribution >= 4 is 23.6 Å². The van der Waals surface area contributed by atoms with Crippen LogP contribution >= 0.6 is 0 Å². The van der Waals surface area contributed by atoms with Gasteiger partial charge in [-0.2, -0.15) is 9.97 Å². The van der Waals surface area contributed by atoms with Crippen molar-refractivity contribution in [3.05, 3.63) is 35.9 Å². The predicted octanol–water partition coefficient (Wildman–Crippen LogP) is 3.21. The number of benzene rings is 1. The molecule has 10 heteroatoms. The van der Waals surface area contributed by atoms with E-state index in [0.717, 1.165) is 19.3 Å². The maximum atomic E-state index is 12.3. The number of anilines is 1. The summed E-state index contributed by atoms with van der Waals surface area (Å²) in [5.41, 5.74) is 0.477. The number of carbonyl (C=O) groups is 3. The minimum atomic E-state index is -0.668. The van der Waals surface area contributed by atoms with Crippen LogP contribution in [0.5, 0.6) is 17.5 Å². The fourth-order valence-corrected chi connectivity index (χ4v) is 2.69. The van der Waals surface area contributed by atoms with Crippen LogP contribution in [-0.2, 0) is 14.3 Å². The normalized spacial score (nSPS) is 10.3. The van der Waals surface area contributed by atoms with Gasteiger partial charge in [0.2, 0.25) is 17.7 Å². The Bertz CT molecular complexity index is 910. The number of methoxy groups -OCH3 is 2. The second-order valence-corrected chi connectivity index (χ2v) is 6.99. The highest BCUT2D eigenvalue weighted by molar-refractivity contribution is 5.98. The Morgan fingerprint density at radius 3 is 2.21 bits per heavy atom. The van der Waals surface area contributed by atoms with E-state index in [4.69, 9.17) is 18.9 Å². The fourth-order valence-electron chi connectivity index (χ4n) is 2.69. The van der Waals surface area contributed by atoms with Crippen molar-refractivity contribution in [2.45, 2.75) is 39.0 Å². The Kier molecular flexibility index (Phi) is 10.6. The molecule has 0 bridgehead atoms. The molecule has 0 atom stereocenters. The van der Waals surface area contributed by atoms with Crippen LogP contribution in [0.2, 0.25) is 0 Å². The summed E-state index contributed by atoms with van der Waals surface area (Å²) in [6, 6.07) is 8.24. The number of unbranched alkanes of at least 4 members (excludes halogenated alkanes) is 2. The fraction of sp³-hybridized carbons (Fsp3) is 0.435. The molecule has 33 heavy (non-hydrogen) atoms. The van der Waals surface area contributed by atoms with E-state index in [2.05, 4.69) is 22.2 Å². The molecule has 1 aromatic heterocycles. The highest BCUT2D eigenvalue weighted by atomic mass is 16.5. The lowest BCUT2D eigenvalue weighted by Crippen LogP contribution is -2.22. The Morgan fingerprint density at radius 2 is 1.61 bits per heavy atom. The van der Waals surface area contributed by atoms with Crippen LogP contribution in [0.15, 0.2) is 30.3 Å². The summed E-state index contributed by atoms with van der Waals surface area (Å²) in [6.07, 6.45) is 3.03. The number of aromatic nitrogens is 2. The lowest BCUT2D eigenvalue weighted by atomic mass is 10.1. The molecule has 0 aliphatic carbocycles. The van der Waals surface area contributed by atoms with Gasteiger partial charge >= 0.3 is 5.97 Å². The first kappa shape index (κ1) is 25.6. The van der Waals surface area contributed by atoms with Gasteiger partial charge in [0.05, 0.1) is 33.3 Å². The van der Waals surface area contributed by atoms with E-state index < -0.39 is 18.5 Å². The summed E-state index contributed by atoms with van der Waals surface area (Å²) in [5.74, 6) is -0.470. The summed E-state index contributed by atoms with van der Waals surface area (Å²) in [5, 5.41) is 2.39. The number of hydrogen-bond acceptors (Lipinski definition) is 9. The maximum Gasteiger partial charge on any atom is 0.306 e. The third-order valence-corrected chi connectivity index (χ3v) is 4.46. The van der Waals surface area contributed by atoms with Gasteiger partial charge in [0, 0.05) is 12.0 Å². The minimum Gasteiger partial charge on any atom is -0.494 e. The van der Waals surface area contributed by atoms with Crippen molar-refractivity contribution in [3.8, 4) is 17.5 Å². The van der Waals surface area contributed by atoms with Gasteiger partial charge in [0.25, 0.3) is 5.91 Å². The molecule has 2 rings (SSSR count). The summed E-state index contributed by atoms with van der Waals surface area (Å²) in [6.45, 7) is 2.22. The lowest BCUT2D eigenvalue weighted by Gasteiger charge is -2.08. The van der Waals surface area contributed by atoms with Gasteiger partial charge in [0.15, 0.2) is 12.4 Å². The predicted molar refractivity (Wildman–Crippen MR) is 120 cm³/mol. The van der Waals surface area contributed by atoms with E-state index in [1.807, 2.05) is 0 Å². The number of nitrogens with zero attached hydrogens (tertiary/aromatic N) is 2. The van der Waals surface area contributed by atoms with Crippen LogP contribution in [0.4, 0.5) is 5.95 Å². The number of amides is 1. The van der Waals surface area contributed by atoms with Crippen molar-refractivity contribution in [1.29, 1.82) is 0 Å². The van der Waals surface area contributed by atoms with Crippen LogP contribution in [-0.4, -0.2) is 55.1 Å². The zero-order valence-corrected chi connectivity index (χ0v) is 19.1. The number of hydrogen-bond donors (Lipinski definition) is 1. The second kappa shape index (κ2) is 13.7. The molecule has 1 heterocycles. The van der Waals surface area contributed by atoms with E-state index in [-0.39, 0.29) is 36.3 Å². The smallest absolute Gasteiger partial charge is 0.306 e. The first-order valence-electron chi connectivity index (χ1n) is 10.6. The monoisotopic (exact) mass is 459 g/mol. The molecule has 0 radical (unpaired) electrons. The number of ether oxygens (including phenoxy) is 4. The molecule has 0 unspecified atom stereocenters. The summed E-state index contributed by atoms with van der Waals surface area (Å²) in [4.78, 5) is 44.1. The van der Waals surface area contributed by atoms with Crippen molar-refractivity contribution < 1.29 is 33.3 Å². The molecule has 0 saturated heterocycles. The molecule has 2 aromatic rings. The van der Waals surface area contributed by atoms with Crippen molar-refractivity contribution in [3.63, 3.8) is 0 Å².